The number of hydrogen-bond donors (Lipinski definition) is 0. The minimum atomic E-state index is -0.777. The zero-order chi connectivity index (χ0) is 15.4. The summed E-state index contributed by atoms with van der Waals surface area (Å²) in [6.07, 6.45) is 0. The van der Waals surface area contributed by atoms with Gasteiger partial charge in [-0.25, -0.2) is 0 Å². The van der Waals surface area contributed by atoms with Crippen molar-refractivity contribution in [1.29, 1.82) is 0 Å². The van der Waals surface area contributed by atoms with Gasteiger partial charge in [0.25, 0.3) is 0 Å². The van der Waals surface area contributed by atoms with Crippen LogP contribution in [0.4, 0.5) is 0 Å². The summed E-state index contributed by atoms with van der Waals surface area (Å²) in [5.41, 5.74) is 1.16. The van der Waals surface area contributed by atoms with Crippen LogP contribution in [-0.2, 0) is 0 Å². The van der Waals surface area contributed by atoms with Gasteiger partial charge in [0.15, 0.2) is 17.3 Å². The van der Waals surface area contributed by atoms with Crippen LogP contribution in [0.15, 0.2) is 42.5 Å². The normalized spacial score (nSPS) is 11.8. The minimum absolute atomic E-state index is 0.208. The zero-order valence-corrected chi connectivity index (χ0v) is 13.1. The number of alkyl halides is 1. The van der Waals surface area contributed by atoms with Crippen molar-refractivity contribution in [1.82, 2.24) is 0 Å². The van der Waals surface area contributed by atoms with E-state index in [1.54, 1.807) is 42.5 Å². The second-order valence-electron chi connectivity index (χ2n) is 4.35. The number of ether oxygens (including phenoxy) is 2. The molecule has 0 bridgehead atoms. The molecule has 0 N–H and O–H groups in total. The van der Waals surface area contributed by atoms with E-state index in [0.717, 1.165) is 0 Å². The van der Waals surface area contributed by atoms with Crippen molar-refractivity contribution >= 4 is 29.0 Å². The predicted octanol–water partition coefficient (Wildman–Crippen LogP) is 4.52. The molecular weight excluding hydrogens is 311 g/mol. The molecule has 2 aromatic carbocycles. The van der Waals surface area contributed by atoms with Crippen LogP contribution in [-0.4, -0.2) is 20.0 Å². The maximum Gasteiger partial charge on any atom is 0.185 e. The van der Waals surface area contributed by atoms with E-state index in [9.17, 15) is 4.79 Å². The molecule has 0 aromatic heterocycles. The Kier molecular flexibility index (Phi) is 5.10. The SMILES string of the molecule is COc1ccc(C(=O)C(Cl)c2ccc(Cl)cc2)cc1OC. The minimum Gasteiger partial charge on any atom is -0.493 e. The first kappa shape index (κ1) is 15.7. The Morgan fingerprint density at radius 3 is 2.19 bits per heavy atom. The quantitative estimate of drug-likeness (QED) is 0.599. The summed E-state index contributed by atoms with van der Waals surface area (Å²) >= 11 is 12.1. The largest absolute Gasteiger partial charge is 0.493 e. The molecule has 0 radical (unpaired) electrons. The highest BCUT2D eigenvalue weighted by molar-refractivity contribution is 6.34. The molecule has 0 saturated heterocycles. The van der Waals surface area contributed by atoms with E-state index in [4.69, 9.17) is 32.7 Å². The summed E-state index contributed by atoms with van der Waals surface area (Å²) in [7, 11) is 3.06. The lowest BCUT2D eigenvalue weighted by Gasteiger charge is -2.12. The van der Waals surface area contributed by atoms with Crippen LogP contribution >= 0.6 is 23.2 Å². The maximum absolute atomic E-state index is 12.4. The summed E-state index contributed by atoms with van der Waals surface area (Å²) in [6.45, 7) is 0. The summed E-state index contributed by atoms with van der Waals surface area (Å²) in [5.74, 6) is 0.843. The average molecular weight is 325 g/mol. The molecule has 3 nitrogen and oxygen atoms in total. The van der Waals surface area contributed by atoms with Gasteiger partial charge in [-0.1, -0.05) is 23.7 Å². The third-order valence-electron chi connectivity index (χ3n) is 3.06. The van der Waals surface area contributed by atoms with Crippen molar-refractivity contribution < 1.29 is 14.3 Å². The average Bonchev–Trinajstić information content (AvgIpc) is 2.53. The van der Waals surface area contributed by atoms with Gasteiger partial charge in [-0.15, -0.1) is 11.6 Å². The first-order chi connectivity index (χ1) is 10.1. The molecule has 0 saturated carbocycles. The smallest absolute Gasteiger partial charge is 0.185 e. The molecule has 0 spiro atoms. The topological polar surface area (TPSA) is 35.5 Å². The summed E-state index contributed by atoms with van der Waals surface area (Å²) in [6, 6.07) is 11.8. The van der Waals surface area contributed by atoms with E-state index in [0.29, 0.717) is 27.6 Å². The van der Waals surface area contributed by atoms with Gasteiger partial charge in [-0.3, -0.25) is 4.79 Å². The second kappa shape index (κ2) is 6.83. The highest BCUT2D eigenvalue weighted by atomic mass is 35.5. The van der Waals surface area contributed by atoms with Crippen LogP contribution < -0.4 is 9.47 Å². The molecule has 2 aromatic rings. The molecular formula is C16H14Cl2O3. The number of halogens is 2. The van der Waals surface area contributed by atoms with Gasteiger partial charge in [0.2, 0.25) is 0 Å². The zero-order valence-electron chi connectivity index (χ0n) is 11.6. The number of carbonyl (C=O) groups excluding carboxylic acids is 1. The van der Waals surface area contributed by atoms with Gasteiger partial charge in [0, 0.05) is 10.6 Å². The van der Waals surface area contributed by atoms with Crippen molar-refractivity contribution in [2.75, 3.05) is 14.2 Å². The van der Waals surface area contributed by atoms with E-state index in [2.05, 4.69) is 0 Å². The van der Waals surface area contributed by atoms with E-state index >= 15 is 0 Å². The Balaban J connectivity index is 2.29. The predicted molar refractivity (Wildman–Crippen MR) is 83.9 cm³/mol. The maximum atomic E-state index is 12.4. The lowest BCUT2D eigenvalue weighted by molar-refractivity contribution is 0.0986. The molecule has 5 heteroatoms. The molecule has 0 heterocycles. The number of hydrogen-bond acceptors (Lipinski definition) is 3. The molecule has 1 atom stereocenters. The Bertz CT molecular complexity index is 638. The standard InChI is InChI=1S/C16H14Cl2O3/c1-20-13-8-5-11(9-14(13)21-2)16(19)15(18)10-3-6-12(17)7-4-10/h3-9,15H,1-2H3. The van der Waals surface area contributed by atoms with Crippen LogP contribution in [0.3, 0.4) is 0 Å². The van der Waals surface area contributed by atoms with Gasteiger partial charge >= 0.3 is 0 Å². The third-order valence-corrected chi connectivity index (χ3v) is 3.76. The van der Waals surface area contributed by atoms with E-state index < -0.39 is 5.38 Å². The fourth-order valence-corrected chi connectivity index (χ4v) is 2.32. The van der Waals surface area contributed by atoms with Crippen molar-refractivity contribution in [2.45, 2.75) is 5.38 Å². The van der Waals surface area contributed by atoms with Crippen molar-refractivity contribution in [3.8, 4) is 11.5 Å². The lowest BCUT2D eigenvalue weighted by Crippen LogP contribution is -2.08. The molecule has 0 aliphatic heterocycles. The van der Waals surface area contributed by atoms with Gasteiger partial charge in [0.1, 0.15) is 5.38 Å². The molecule has 2 rings (SSSR count). The number of carbonyl (C=O) groups is 1. The van der Waals surface area contributed by atoms with E-state index in [-0.39, 0.29) is 5.78 Å². The molecule has 0 amide bonds. The molecule has 0 fully saturated rings. The Morgan fingerprint density at radius 1 is 1.00 bits per heavy atom. The second-order valence-corrected chi connectivity index (χ2v) is 5.22. The van der Waals surface area contributed by atoms with Gasteiger partial charge < -0.3 is 9.47 Å². The Hall–Kier alpha value is -1.71. The number of rotatable bonds is 5. The number of benzene rings is 2. The van der Waals surface area contributed by atoms with Crippen LogP contribution in [0.1, 0.15) is 21.3 Å². The van der Waals surface area contributed by atoms with Crippen molar-refractivity contribution in [2.24, 2.45) is 0 Å². The summed E-state index contributed by atoms with van der Waals surface area (Å²) in [5, 5.41) is -0.179. The molecule has 1 unspecified atom stereocenters. The highest BCUT2D eigenvalue weighted by Gasteiger charge is 2.20. The number of Topliss-reactive ketones (excluding diaryl/α,β-unsaturated/α-hetero) is 1. The van der Waals surface area contributed by atoms with Crippen molar-refractivity contribution in [3.63, 3.8) is 0 Å². The monoisotopic (exact) mass is 324 g/mol. The third kappa shape index (κ3) is 3.49. The summed E-state index contributed by atoms with van der Waals surface area (Å²) in [4.78, 5) is 12.4. The van der Waals surface area contributed by atoms with Crippen LogP contribution in [0, 0.1) is 0 Å². The Labute approximate surface area is 133 Å². The fraction of sp³-hybridized carbons (Fsp3) is 0.188. The molecule has 110 valence electrons. The first-order valence-corrected chi connectivity index (χ1v) is 7.04. The fourth-order valence-electron chi connectivity index (χ4n) is 1.92. The van der Waals surface area contributed by atoms with Crippen LogP contribution in [0.25, 0.3) is 0 Å². The van der Waals surface area contributed by atoms with Gasteiger partial charge in [-0.2, -0.15) is 0 Å². The van der Waals surface area contributed by atoms with E-state index in [1.807, 2.05) is 0 Å². The number of ketones is 1. The van der Waals surface area contributed by atoms with Crippen LogP contribution in [0.2, 0.25) is 5.02 Å². The first-order valence-electron chi connectivity index (χ1n) is 6.22. The molecule has 0 aliphatic rings. The lowest BCUT2D eigenvalue weighted by atomic mass is 10.0. The molecule has 21 heavy (non-hydrogen) atoms. The van der Waals surface area contributed by atoms with E-state index in [1.165, 1.54) is 14.2 Å². The highest BCUT2D eigenvalue weighted by Crippen LogP contribution is 2.31. The van der Waals surface area contributed by atoms with Crippen molar-refractivity contribution in [3.05, 3.63) is 58.6 Å². The Morgan fingerprint density at radius 2 is 1.62 bits per heavy atom. The van der Waals surface area contributed by atoms with Crippen LogP contribution in [0.5, 0.6) is 11.5 Å². The molecule has 0 aliphatic carbocycles. The van der Waals surface area contributed by atoms with Gasteiger partial charge in [0.05, 0.1) is 14.2 Å². The van der Waals surface area contributed by atoms with Gasteiger partial charge in [-0.05, 0) is 35.9 Å². The summed E-state index contributed by atoms with van der Waals surface area (Å²) < 4.78 is 10.3. The number of methoxy groups -OCH3 is 2.